The van der Waals surface area contributed by atoms with Gasteiger partial charge in [0.1, 0.15) is 0 Å². The third-order valence-corrected chi connectivity index (χ3v) is 8.11. The van der Waals surface area contributed by atoms with Crippen LogP contribution < -0.4 is 5.56 Å². The van der Waals surface area contributed by atoms with Crippen LogP contribution in [0.25, 0.3) is 10.9 Å². The molecular formula is C27H25F3N2O3S. The van der Waals surface area contributed by atoms with Gasteiger partial charge in [-0.25, -0.2) is 8.42 Å². The van der Waals surface area contributed by atoms with Crippen LogP contribution in [0.5, 0.6) is 0 Å². The number of halogens is 3. The first kappa shape index (κ1) is 25.7. The lowest BCUT2D eigenvalue weighted by molar-refractivity contribution is -0.137. The Balaban J connectivity index is 1.76. The second-order valence-corrected chi connectivity index (χ2v) is 10.6. The van der Waals surface area contributed by atoms with Gasteiger partial charge in [-0.15, -0.1) is 0 Å². The van der Waals surface area contributed by atoms with E-state index in [4.69, 9.17) is 0 Å². The molecule has 0 atom stereocenters. The summed E-state index contributed by atoms with van der Waals surface area (Å²) in [5.74, 6) is 0. The zero-order valence-corrected chi connectivity index (χ0v) is 20.6. The first-order chi connectivity index (χ1) is 17.0. The van der Waals surface area contributed by atoms with Gasteiger partial charge >= 0.3 is 6.18 Å². The number of rotatable bonds is 7. The smallest absolute Gasteiger partial charge is 0.321 e. The van der Waals surface area contributed by atoms with Crippen LogP contribution >= 0.6 is 0 Å². The maximum absolute atomic E-state index is 13.6. The molecule has 0 saturated carbocycles. The fourth-order valence-corrected chi connectivity index (χ4v) is 5.51. The fourth-order valence-electron chi connectivity index (χ4n) is 4.04. The Morgan fingerprint density at radius 1 is 0.917 bits per heavy atom. The summed E-state index contributed by atoms with van der Waals surface area (Å²) in [4.78, 5) is 15.3. The molecule has 5 nitrogen and oxygen atoms in total. The topological polar surface area (TPSA) is 70.2 Å². The molecule has 0 aliphatic carbocycles. The Morgan fingerprint density at radius 3 is 2.33 bits per heavy atom. The summed E-state index contributed by atoms with van der Waals surface area (Å²) in [6.07, 6.45) is -4.37. The van der Waals surface area contributed by atoms with E-state index in [2.05, 4.69) is 4.98 Å². The average Bonchev–Trinajstić information content (AvgIpc) is 2.85. The van der Waals surface area contributed by atoms with Crippen molar-refractivity contribution < 1.29 is 21.6 Å². The Labute approximate surface area is 207 Å². The highest BCUT2D eigenvalue weighted by Gasteiger charge is 2.33. The van der Waals surface area contributed by atoms with Gasteiger partial charge in [-0.2, -0.15) is 17.5 Å². The molecule has 0 fully saturated rings. The SMILES string of the molecule is Cc1ccc2cc(CN(CCc3ccccc3)S(=O)(=O)c3cccc(C(F)(F)F)c3)c(=O)[nH]c2c1C. The number of aryl methyl sites for hydroxylation is 2. The number of hydrogen-bond acceptors (Lipinski definition) is 3. The number of nitrogens with one attached hydrogen (secondary N) is 1. The summed E-state index contributed by atoms with van der Waals surface area (Å²) < 4.78 is 68.0. The molecule has 36 heavy (non-hydrogen) atoms. The van der Waals surface area contributed by atoms with E-state index in [0.717, 1.165) is 44.6 Å². The van der Waals surface area contributed by atoms with Crippen molar-refractivity contribution >= 4 is 20.9 Å². The Hall–Kier alpha value is -3.43. The van der Waals surface area contributed by atoms with E-state index in [1.165, 1.54) is 0 Å². The van der Waals surface area contributed by atoms with E-state index in [1.54, 1.807) is 6.07 Å². The molecule has 0 aliphatic rings. The zero-order valence-electron chi connectivity index (χ0n) is 19.8. The van der Waals surface area contributed by atoms with Crippen LogP contribution in [0.15, 0.2) is 82.5 Å². The molecule has 9 heteroatoms. The molecular weight excluding hydrogens is 489 g/mol. The molecule has 3 aromatic carbocycles. The number of aromatic amines is 1. The molecule has 0 aliphatic heterocycles. The standard InChI is InChI=1S/C27H25F3N2O3S/c1-18-11-12-21-15-22(26(33)31-25(21)19(18)2)17-32(14-13-20-7-4-3-5-8-20)36(34,35)24-10-6-9-23(16-24)27(28,29)30/h3-12,15-16H,13-14,17H2,1-2H3,(H,31,33). The molecule has 1 heterocycles. The van der Waals surface area contributed by atoms with E-state index >= 15 is 0 Å². The molecule has 4 rings (SSSR count). The summed E-state index contributed by atoms with van der Waals surface area (Å²) in [7, 11) is -4.36. The van der Waals surface area contributed by atoms with E-state index < -0.39 is 32.2 Å². The monoisotopic (exact) mass is 514 g/mol. The second-order valence-electron chi connectivity index (χ2n) is 8.70. The summed E-state index contributed by atoms with van der Waals surface area (Å²) in [5, 5.41) is 0.743. The van der Waals surface area contributed by atoms with Crippen molar-refractivity contribution in [2.75, 3.05) is 6.54 Å². The second kappa shape index (κ2) is 9.91. The molecule has 188 valence electrons. The lowest BCUT2D eigenvalue weighted by atomic mass is 10.0. The first-order valence-corrected chi connectivity index (χ1v) is 12.7. The van der Waals surface area contributed by atoms with Crippen LogP contribution in [0.2, 0.25) is 0 Å². The number of sulfonamides is 1. The summed E-state index contributed by atoms with van der Waals surface area (Å²) in [6, 6.07) is 18.2. The summed E-state index contributed by atoms with van der Waals surface area (Å²) in [6.45, 7) is 3.50. The van der Waals surface area contributed by atoms with Crippen molar-refractivity contribution in [3.63, 3.8) is 0 Å². The Kier molecular flexibility index (Phi) is 7.06. The number of pyridine rings is 1. The molecule has 1 aromatic heterocycles. The molecule has 4 aromatic rings. The number of benzene rings is 3. The van der Waals surface area contributed by atoms with Crippen molar-refractivity contribution in [2.45, 2.75) is 37.9 Å². The Morgan fingerprint density at radius 2 is 1.64 bits per heavy atom. The van der Waals surface area contributed by atoms with Crippen molar-refractivity contribution in [3.05, 3.63) is 111 Å². The normalized spacial score (nSPS) is 12.4. The molecule has 0 saturated heterocycles. The maximum Gasteiger partial charge on any atom is 0.416 e. The Bertz CT molecular complexity index is 1560. The van der Waals surface area contributed by atoms with E-state index in [0.29, 0.717) is 18.0 Å². The van der Waals surface area contributed by atoms with Gasteiger partial charge in [-0.05, 0) is 66.6 Å². The largest absolute Gasteiger partial charge is 0.416 e. The van der Waals surface area contributed by atoms with E-state index in [-0.39, 0.29) is 18.7 Å². The minimum absolute atomic E-state index is 0.0208. The lowest BCUT2D eigenvalue weighted by Gasteiger charge is -2.23. The van der Waals surface area contributed by atoms with Crippen molar-refractivity contribution in [3.8, 4) is 0 Å². The number of H-pyrrole nitrogens is 1. The highest BCUT2D eigenvalue weighted by molar-refractivity contribution is 7.89. The predicted octanol–water partition coefficient (Wildman–Crippen LogP) is 5.60. The molecule has 1 N–H and O–H groups in total. The van der Waals surface area contributed by atoms with Crippen LogP contribution in [0.3, 0.4) is 0 Å². The predicted molar refractivity (Wildman–Crippen MR) is 133 cm³/mol. The highest BCUT2D eigenvalue weighted by Crippen LogP contribution is 2.31. The summed E-state index contributed by atoms with van der Waals surface area (Å²) >= 11 is 0. The van der Waals surface area contributed by atoms with Crippen LogP contribution in [0, 0.1) is 13.8 Å². The van der Waals surface area contributed by atoms with Crippen LogP contribution in [-0.2, 0) is 29.2 Å². The van der Waals surface area contributed by atoms with Gasteiger partial charge in [0.2, 0.25) is 10.0 Å². The minimum Gasteiger partial charge on any atom is -0.321 e. The van der Waals surface area contributed by atoms with Gasteiger partial charge in [-0.3, -0.25) is 4.79 Å². The van der Waals surface area contributed by atoms with Gasteiger partial charge in [0.05, 0.1) is 16.0 Å². The number of aromatic nitrogens is 1. The van der Waals surface area contributed by atoms with Gasteiger partial charge in [-0.1, -0.05) is 48.5 Å². The van der Waals surface area contributed by atoms with Crippen molar-refractivity contribution in [1.82, 2.24) is 9.29 Å². The van der Waals surface area contributed by atoms with Gasteiger partial charge < -0.3 is 4.98 Å². The fraction of sp³-hybridized carbons (Fsp3) is 0.222. The van der Waals surface area contributed by atoms with Gasteiger partial charge in [0.25, 0.3) is 5.56 Å². The highest BCUT2D eigenvalue weighted by atomic mass is 32.2. The average molecular weight is 515 g/mol. The third kappa shape index (κ3) is 5.37. The van der Waals surface area contributed by atoms with Crippen LogP contribution in [0.4, 0.5) is 13.2 Å². The zero-order chi connectivity index (χ0) is 26.1. The number of alkyl halides is 3. The summed E-state index contributed by atoms with van der Waals surface area (Å²) in [5.41, 5.74) is 2.15. The van der Waals surface area contributed by atoms with Crippen molar-refractivity contribution in [2.24, 2.45) is 0 Å². The molecule has 0 radical (unpaired) electrons. The number of fused-ring (bicyclic) bond motifs is 1. The molecule has 0 bridgehead atoms. The maximum atomic E-state index is 13.6. The number of nitrogens with zero attached hydrogens (tertiary/aromatic N) is 1. The third-order valence-electron chi connectivity index (χ3n) is 6.27. The van der Waals surface area contributed by atoms with Crippen LogP contribution in [-0.4, -0.2) is 24.3 Å². The lowest BCUT2D eigenvalue weighted by Crippen LogP contribution is -2.34. The first-order valence-electron chi connectivity index (χ1n) is 11.3. The van der Waals surface area contributed by atoms with Crippen LogP contribution in [0.1, 0.15) is 27.8 Å². The molecule has 0 amide bonds. The number of hydrogen-bond donors (Lipinski definition) is 1. The quantitative estimate of drug-likeness (QED) is 0.349. The minimum atomic E-state index is -4.69. The van der Waals surface area contributed by atoms with E-state index in [1.807, 2.05) is 56.3 Å². The van der Waals surface area contributed by atoms with Gasteiger partial charge in [0, 0.05) is 18.7 Å². The molecule has 0 unspecified atom stereocenters. The van der Waals surface area contributed by atoms with E-state index in [9.17, 15) is 26.4 Å². The molecule has 0 spiro atoms. The van der Waals surface area contributed by atoms with Crippen molar-refractivity contribution in [1.29, 1.82) is 0 Å². The van der Waals surface area contributed by atoms with Gasteiger partial charge in [0.15, 0.2) is 0 Å².